The van der Waals surface area contributed by atoms with E-state index < -0.39 is 16.0 Å². The standard InChI is InChI=1S/C13H18N2O5S/c1-9(2)15-12(16)6-7-14-21(19,20)11-5-3-4-10(8-11)13(17)18/h3-5,8-9,14H,6-7H2,1-2H3,(H,15,16)(H,17,18). The summed E-state index contributed by atoms with van der Waals surface area (Å²) in [4.78, 5) is 22.1. The lowest BCUT2D eigenvalue weighted by Gasteiger charge is -2.09. The smallest absolute Gasteiger partial charge is 0.335 e. The lowest BCUT2D eigenvalue weighted by molar-refractivity contribution is -0.121. The van der Waals surface area contributed by atoms with Gasteiger partial charge in [0.25, 0.3) is 0 Å². The average molecular weight is 314 g/mol. The zero-order valence-electron chi connectivity index (χ0n) is 11.8. The van der Waals surface area contributed by atoms with Gasteiger partial charge in [0.2, 0.25) is 15.9 Å². The van der Waals surface area contributed by atoms with E-state index in [4.69, 9.17) is 5.11 Å². The third-order valence-corrected chi connectivity index (χ3v) is 3.94. The highest BCUT2D eigenvalue weighted by atomic mass is 32.2. The van der Waals surface area contributed by atoms with E-state index in [9.17, 15) is 18.0 Å². The number of sulfonamides is 1. The molecule has 8 heteroatoms. The van der Waals surface area contributed by atoms with Gasteiger partial charge in [0, 0.05) is 19.0 Å². The Morgan fingerprint density at radius 2 is 1.95 bits per heavy atom. The molecule has 0 aliphatic rings. The third kappa shape index (κ3) is 5.52. The number of hydrogen-bond acceptors (Lipinski definition) is 4. The van der Waals surface area contributed by atoms with Crippen LogP contribution in [0.25, 0.3) is 0 Å². The van der Waals surface area contributed by atoms with E-state index in [1.807, 2.05) is 0 Å². The van der Waals surface area contributed by atoms with Gasteiger partial charge in [-0.1, -0.05) is 6.07 Å². The van der Waals surface area contributed by atoms with E-state index in [2.05, 4.69) is 10.0 Å². The van der Waals surface area contributed by atoms with Crippen LogP contribution in [0.1, 0.15) is 30.6 Å². The molecule has 0 radical (unpaired) electrons. The van der Waals surface area contributed by atoms with Crippen molar-refractivity contribution in [2.24, 2.45) is 0 Å². The molecule has 0 saturated carbocycles. The van der Waals surface area contributed by atoms with Crippen molar-refractivity contribution in [2.75, 3.05) is 6.54 Å². The van der Waals surface area contributed by atoms with Gasteiger partial charge in [-0.25, -0.2) is 17.9 Å². The topological polar surface area (TPSA) is 113 Å². The number of nitrogens with one attached hydrogen (secondary N) is 2. The normalized spacial score (nSPS) is 11.4. The largest absolute Gasteiger partial charge is 0.478 e. The van der Waals surface area contributed by atoms with Gasteiger partial charge in [-0.2, -0.15) is 0 Å². The molecule has 21 heavy (non-hydrogen) atoms. The van der Waals surface area contributed by atoms with Crippen molar-refractivity contribution in [1.29, 1.82) is 0 Å². The van der Waals surface area contributed by atoms with Crippen molar-refractivity contribution in [3.05, 3.63) is 29.8 Å². The van der Waals surface area contributed by atoms with Gasteiger partial charge in [-0.05, 0) is 32.0 Å². The minimum Gasteiger partial charge on any atom is -0.478 e. The summed E-state index contributed by atoms with van der Waals surface area (Å²) in [6, 6.07) is 5.00. The van der Waals surface area contributed by atoms with Crippen molar-refractivity contribution < 1.29 is 23.1 Å². The molecule has 7 nitrogen and oxygen atoms in total. The minimum absolute atomic E-state index is 0.00995. The minimum atomic E-state index is -3.83. The van der Waals surface area contributed by atoms with Crippen LogP contribution in [-0.4, -0.2) is 38.0 Å². The molecular formula is C13H18N2O5S. The second-order valence-electron chi connectivity index (χ2n) is 4.70. The summed E-state index contributed by atoms with van der Waals surface area (Å²) in [5, 5.41) is 11.5. The molecule has 0 spiro atoms. The van der Waals surface area contributed by atoms with Crippen LogP contribution < -0.4 is 10.0 Å². The monoisotopic (exact) mass is 314 g/mol. The molecule has 0 heterocycles. The number of carbonyl (C=O) groups excluding carboxylic acids is 1. The maximum absolute atomic E-state index is 12.0. The number of hydrogen-bond donors (Lipinski definition) is 3. The van der Waals surface area contributed by atoms with Crippen LogP contribution in [0, 0.1) is 0 Å². The van der Waals surface area contributed by atoms with Gasteiger partial charge < -0.3 is 10.4 Å². The zero-order chi connectivity index (χ0) is 16.0. The Morgan fingerprint density at radius 3 is 2.52 bits per heavy atom. The lowest BCUT2D eigenvalue weighted by atomic mass is 10.2. The van der Waals surface area contributed by atoms with E-state index in [1.165, 1.54) is 18.2 Å². The molecule has 0 atom stereocenters. The molecule has 0 fully saturated rings. The molecule has 1 amide bonds. The van der Waals surface area contributed by atoms with Crippen molar-refractivity contribution >= 4 is 21.9 Å². The third-order valence-electron chi connectivity index (χ3n) is 2.49. The van der Waals surface area contributed by atoms with Gasteiger partial charge >= 0.3 is 5.97 Å². The Balaban J connectivity index is 2.68. The Morgan fingerprint density at radius 1 is 1.29 bits per heavy atom. The van der Waals surface area contributed by atoms with E-state index in [1.54, 1.807) is 13.8 Å². The second kappa shape index (κ2) is 7.19. The number of benzene rings is 1. The highest BCUT2D eigenvalue weighted by Crippen LogP contribution is 2.11. The Hall–Kier alpha value is -1.93. The first kappa shape index (κ1) is 17.1. The second-order valence-corrected chi connectivity index (χ2v) is 6.47. The Kier molecular flexibility index (Phi) is 5.86. The lowest BCUT2D eigenvalue weighted by Crippen LogP contribution is -2.34. The summed E-state index contributed by atoms with van der Waals surface area (Å²) in [6.07, 6.45) is 0.00995. The summed E-state index contributed by atoms with van der Waals surface area (Å²) < 4.78 is 26.2. The fourth-order valence-corrected chi connectivity index (χ4v) is 2.65. The molecule has 0 aliphatic carbocycles. The summed E-state index contributed by atoms with van der Waals surface area (Å²) in [5.41, 5.74) is -0.115. The van der Waals surface area contributed by atoms with Crippen LogP contribution in [0.4, 0.5) is 0 Å². The predicted octanol–water partition coefficient (Wildman–Crippen LogP) is 0.578. The molecular weight excluding hydrogens is 296 g/mol. The Labute approximate surface area is 123 Å². The molecule has 116 valence electrons. The van der Waals surface area contributed by atoms with E-state index >= 15 is 0 Å². The van der Waals surface area contributed by atoms with Gasteiger partial charge in [-0.3, -0.25) is 4.79 Å². The van der Waals surface area contributed by atoms with Crippen LogP contribution in [0.15, 0.2) is 29.2 Å². The van der Waals surface area contributed by atoms with Crippen LogP contribution in [0.2, 0.25) is 0 Å². The first-order valence-corrected chi connectivity index (χ1v) is 7.83. The maximum atomic E-state index is 12.0. The highest BCUT2D eigenvalue weighted by Gasteiger charge is 2.16. The molecule has 1 rings (SSSR count). The summed E-state index contributed by atoms with van der Waals surface area (Å²) >= 11 is 0. The first-order valence-electron chi connectivity index (χ1n) is 6.35. The summed E-state index contributed by atoms with van der Waals surface area (Å²) in [5.74, 6) is -1.46. The number of rotatable bonds is 7. The predicted molar refractivity (Wildman–Crippen MR) is 76.5 cm³/mol. The van der Waals surface area contributed by atoms with Crippen molar-refractivity contribution in [1.82, 2.24) is 10.0 Å². The number of carbonyl (C=O) groups is 2. The number of carboxylic acids is 1. The first-order chi connectivity index (χ1) is 9.72. The number of aromatic carboxylic acids is 1. The maximum Gasteiger partial charge on any atom is 0.335 e. The van der Waals surface area contributed by atoms with Gasteiger partial charge in [0.1, 0.15) is 0 Å². The van der Waals surface area contributed by atoms with Crippen molar-refractivity contribution in [3.8, 4) is 0 Å². The van der Waals surface area contributed by atoms with E-state index in [0.717, 1.165) is 6.07 Å². The summed E-state index contributed by atoms with van der Waals surface area (Å²) in [7, 11) is -3.83. The van der Waals surface area contributed by atoms with Gasteiger partial charge in [-0.15, -0.1) is 0 Å². The quantitative estimate of drug-likeness (QED) is 0.681. The van der Waals surface area contributed by atoms with Crippen LogP contribution in [-0.2, 0) is 14.8 Å². The molecule has 0 bridgehead atoms. The molecule has 0 unspecified atom stereocenters. The zero-order valence-corrected chi connectivity index (χ0v) is 12.6. The molecule has 0 saturated heterocycles. The van der Waals surface area contributed by atoms with Crippen molar-refractivity contribution in [2.45, 2.75) is 31.2 Å². The molecule has 1 aromatic carbocycles. The SMILES string of the molecule is CC(C)NC(=O)CCNS(=O)(=O)c1cccc(C(=O)O)c1. The average Bonchev–Trinajstić information content (AvgIpc) is 2.37. The van der Waals surface area contributed by atoms with Crippen LogP contribution in [0.5, 0.6) is 0 Å². The summed E-state index contributed by atoms with van der Waals surface area (Å²) in [6.45, 7) is 3.55. The van der Waals surface area contributed by atoms with E-state index in [-0.39, 0.29) is 35.4 Å². The van der Waals surface area contributed by atoms with Gasteiger partial charge in [0.05, 0.1) is 10.5 Å². The number of amides is 1. The molecule has 1 aromatic rings. The fraction of sp³-hybridized carbons (Fsp3) is 0.385. The van der Waals surface area contributed by atoms with Crippen LogP contribution >= 0.6 is 0 Å². The van der Waals surface area contributed by atoms with Crippen LogP contribution in [0.3, 0.4) is 0 Å². The number of carboxylic acid groups (broad SMARTS) is 1. The highest BCUT2D eigenvalue weighted by molar-refractivity contribution is 7.89. The molecule has 0 aliphatic heterocycles. The van der Waals surface area contributed by atoms with E-state index in [0.29, 0.717) is 0 Å². The van der Waals surface area contributed by atoms with Gasteiger partial charge in [0.15, 0.2) is 0 Å². The van der Waals surface area contributed by atoms with Crippen molar-refractivity contribution in [3.63, 3.8) is 0 Å². The molecule has 3 N–H and O–H groups in total. The molecule has 0 aromatic heterocycles. The Bertz CT molecular complexity index is 625. The fourth-order valence-electron chi connectivity index (χ4n) is 1.57.